The van der Waals surface area contributed by atoms with Gasteiger partial charge in [0.15, 0.2) is 0 Å². The summed E-state index contributed by atoms with van der Waals surface area (Å²) < 4.78 is 31.3. The summed E-state index contributed by atoms with van der Waals surface area (Å²) in [5.41, 5.74) is -0.456. The van der Waals surface area contributed by atoms with Crippen LogP contribution in [0.1, 0.15) is 17.3 Å². The molecule has 1 aromatic rings. The standard InChI is InChI=1S/C14H17N5O6S/c1-8-15-14(25-3)17-12(19(8)2)16-13(22)18-26(23,24)10-7-5-4-6-9(10)11(20)21/h4-8H,1-3H3,(H,20,21)(H2,15,16,17,18,22). The SMILES string of the molecule is COC1=NC(C)N(C)C(NC(=O)NS(=O)(=O)c2ccccc2C(=O)O)=N1. The van der Waals surface area contributed by atoms with Crippen LogP contribution in [0.15, 0.2) is 39.1 Å². The molecular formula is C14H17N5O6S. The molecule has 11 nitrogen and oxygen atoms in total. The molecule has 1 heterocycles. The van der Waals surface area contributed by atoms with E-state index in [-0.39, 0.29) is 12.0 Å². The number of sulfonamides is 1. The molecule has 0 radical (unpaired) electrons. The van der Waals surface area contributed by atoms with Gasteiger partial charge in [0.05, 0.1) is 12.7 Å². The van der Waals surface area contributed by atoms with Crippen molar-refractivity contribution in [3.8, 4) is 0 Å². The Kier molecular flexibility index (Phi) is 5.45. The van der Waals surface area contributed by atoms with Crippen LogP contribution in [-0.2, 0) is 14.8 Å². The minimum atomic E-state index is -4.41. The maximum Gasteiger partial charge on any atom is 0.337 e. The molecule has 1 aliphatic rings. The van der Waals surface area contributed by atoms with Crippen molar-refractivity contribution >= 4 is 34.0 Å². The number of rotatable bonds is 3. The fraction of sp³-hybridized carbons (Fsp3) is 0.286. The first-order valence-corrected chi connectivity index (χ1v) is 8.73. The van der Waals surface area contributed by atoms with Crippen LogP contribution >= 0.6 is 0 Å². The van der Waals surface area contributed by atoms with E-state index in [1.165, 1.54) is 24.1 Å². The largest absolute Gasteiger partial charge is 0.478 e. The molecule has 1 atom stereocenters. The van der Waals surface area contributed by atoms with Crippen molar-refractivity contribution in [2.75, 3.05) is 14.2 Å². The topological polar surface area (TPSA) is 150 Å². The third-order valence-electron chi connectivity index (χ3n) is 3.44. The lowest BCUT2D eigenvalue weighted by atomic mass is 10.2. The lowest BCUT2D eigenvalue weighted by Crippen LogP contribution is -2.52. The molecule has 1 aromatic carbocycles. The Morgan fingerprint density at radius 3 is 2.58 bits per heavy atom. The molecule has 0 fully saturated rings. The monoisotopic (exact) mass is 383 g/mol. The molecule has 0 spiro atoms. The van der Waals surface area contributed by atoms with Crippen molar-refractivity contribution in [2.45, 2.75) is 18.0 Å². The van der Waals surface area contributed by atoms with E-state index in [0.29, 0.717) is 0 Å². The van der Waals surface area contributed by atoms with E-state index < -0.39 is 38.6 Å². The molecule has 0 saturated heterocycles. The Bertz CT molecular complexity index is 895. The van der Waals surface area contributed by atoms with Crippen LogP contribution in [-0.4, -0.2) is 62.7 Å². The second-order valence-corrected chi connectivity index (χ2v) is 6.81. The summed E-state index contributed by atoms with van der Waals surface area (Å²) in [4.78, 5) is 32.2. The number of nitrogens with one attached hydrogen (secondary N) is 2. The number of benzene rings is 1. The van der Waals surface area contributed by atoms with Crippen LogP contribution in [0, 0.1) is 0 Å². The summed E-state index contributed by atoms with van der Waals surface area (Å²) in [5.74, 6) is -1.42. The van der Waals surface area contributed by atoms with Crippen molar-refractivity contribution in [3.63, 3.8) is 0 Å². The van der Waals surface area contributed by atoms with Gasteiger partial charge in [0.25, 0.3) is 10.0 Å². The predicted octanol–water partition coefficient (Wildman–Crippen LogP) is 0.0225. The molecule has 12 heteroatoms. The van der Waals surface area contributed by atoms with Gasteiger partial charge in [0, 0.05) is 7.05 Å². The molecule has 0 saturated carbocycles. The van der Waals surface area contributed by atoms with E-state index in [0.717, 1.165) is 12.1 Å². The number of amidine groups is 1. The van der Waals surface area contributed by atoms with Crippen molar-refractivity contribution in [1.82, 2.24) is 14.9 Å². The van der Waals surface area contributed by atoms with Gasteiger partial charge in [0.1, 0.15) is 11.1 Å². The molecule has 3 N–H and O–H groups in total. The van der Waals surface area contributed by atoms with E-state index in [4.69, 9.17) is 9.84 Å². The summed E-state index contributed by atoms with van der Waals surface area (Å²) in [6.45, 7) is 1.72. The highest BCUT2D eigenvalue weighted by Crippen LogP contribution is 2.15. The number of carbonyl (C=O) groups is 2. The molecule has 1 aliphatic heterocycles. The first-order chi connectivity index (χ1) is 12.2. The number of ether oxygens (including phenoxy) is 1. The smallest absolute Gasteiger partial charge is 0.337 e. The number of nitrogens with zero attached hydrogens (tertiary/aromatic N) is 3. The zero-order valence-electron chi connectivity index (χ0n) is 14.1. The van der Waals surface area contributed by atoms with E-state index in [2.05, 4.69) is 15.3 Å². The van der Waals surface area contributed by atoms with E-state index in [1.807, 2.05) is 0 Å². The number of hydrogen-bond acceptors (Lipinski definition) is 8. The predicted molar refractivity (Wildman–Crippen MR) is 91.4 cm³/mol. The maximum absolute atomic E-state index is 12.3. The number of hydrogen-bond donors (Lipinski definition) is 3. The first-order valence-electron chi connectivity index (χ1n) is 7.25. The lowest BCUT2D eigenvalue weighted by Gasteiger charge is -2.28. The molecule has 26 heavy (non-hydrogen) atoms. The van der Waals surface area contributed by atoms with Gasteiger partial charge in [-0.15, -0.1) is 0 Å². The molecule has 1 unspecified atom stereocenters. The number of carboxylic acid groups (broad SMARTS) is 1. The molecule has 0 aromatic heterocycles. The van der Waals surface area contributed by atoms with Crippen LogP contribution in [0.25, 0.3) is 0 Å². The summed E-state index contributed by atoms with van der Waals surface area (Å²) in [5, 5.41) is 11.4. The Morgan fingerprint density at radius 2 is 1.96 bits per heavy atom. The highest BCUT2D eigenvalue weighted by molar-refractivity contribution is 7.90. The van der Waals surface area contributed by atoms with E-state index in [9.17, 15) is 18.0 Å². The second kappa shape index (κ2) is 7.39. The first kappa shape index (κ1) is 19.2. The summed E-state index contributed by atoms with van der Waals surface area (Å²) in [6, 6.07) is 3.84. The van der Waals surface area contributed by atoms with Crippen LogP contribution in [0.2, 0.25) is 0 Å². The van der Waals surface area contributed by atoms with Gasteiger partial charge in [0.2, 0.25) is 5.96 Å². The second-order valence-electron chi connectivity index (χ2n) is 5.15. The fourth-order valence-corrected chi connectivity index (χ4v) is 3.13. The molecule has 140 valence electrons. The van der Waals surface area contributed by atoms with Gasteiger partial charge in [-0.3, -0.25) is 5.32 Å². The number of guanidine groups is 1. The van der Waals surface area contributed by atoms with Crippen molar-refractivity contribution in [3.05, 3.63) is 29.8 Å². The van der Waals surface area contributed by atoms with Crippen molar-refractivity contribution in [2.24, 2.45) is 9.98 Å². The zero-order chi connectivity index (χ0) is 19.5. The lowest BCUT2D eigenvalue weighted by molar-refractivity contribution is 0.0692. The summed E-state index contributed by atoms with van der Waals surface area (Å²) in [7, 11) is -1.47. The number of aliphatic imine (C=N–C) groups is 2. The van der Waals surface area contributed by atoms with Gasteiger partial charge >= 0.3 is 18.0 Å². The van der Waals surface area contributed by atoms with Gasteiger partial charge in [-0.1, -0.05) is 12.1 Å². The minimum Gasteiger partial charge on any atom is -0.478 e. The van der Waals surface area contributed by atoms with E-state index >= 15 is 0 Å². The zero-order valence-corrected chi connectivity index (χ0v) is 14.9. The Balaban J connectivity index is 2.21. The maximum atomic E-state index is 12.3. The fourth-order valence-electron chi connectivity index (χ4n) is 2.02. The van der Waals surface area contributed by atoms with Crippen LogP contribution < -0.4 is 10.0 Å². The Hall–Kier alpha value is -3.15. The number of urea groups is 1. The van der Waals surface area contributed by atoms with Gasteiger partial charge < -0.3 is 14.7 Å². The molecular weight excluding hydrogens is 366 g/mol. The highest BCUT2D eigenvalue weighted by atomic mass is 32.2. The van der Waals surface area contributed by atoms with Gasteiger partial charge in [-0.2, -0.15) is 4.99 Å². The average Bonchev–Trinajstić information content (AvgIpc) is 2.58. The molecule has 2 rings (SSSR count). The normalized spacial score (nSPS) is 17.0. The van der Waals surface area contributed by atoms with E-state index in [1.54, 1.807) is 18.7 Å². The summed E-state index contributed by atoms with van der Waals surface area (Å²) in [6.07, 6.45) is -0.401. The summed E-state index contributed by atoms with van der Waals surface area (Å²) >= 11 is 0. The van der Waals surface area contributed by atoms with Crippen LogP contribution in [0.4, 0.5) is 4.79 Å². The number of amides is 2. The average molecular weight is 383 g/mol. The molecule has 2 amide bonds. The highest BCUT2D eigenvalue weighted by Gasteiger charge is 2.26. The van der Waals surface area contributed by atoms with Crippen molar-refractivity contribution in [1.29, 1.82) is 0 Å². The van der Waals surface area contributed by atoms with Gasteiger partial charge in [-0.05, 0) is 19.1 Å². The number of carbonyl (C=O) groups excluding carboxylic acids is 1. The number of methoxy groups -OCH3 is 1. The quantitative estimate of drug-likeness (QED) is 0.666. The minimum absolute atomic E-state index is 0.0172. The van der Waals surface area contributed by atoms with Crippen molar-refractivity contribution < 1.29 is 27.9 Å². The number of carboxylic acids is 1. The molecule has 0 bridgehead atoms. The van der Waals surface area contributed by atoms with Crippen LogP contribution in [0.5, 0.6) is 0 Å². The third kappa shape index (κ3) is 4.08. The Morgan fingerprint density at radius 1 is 1.31 bits per heavy atom. The molecule has 0 aliphatic carbocycles. The Labute approximate surface area is 149 Å². The van der Waals surface area contributed by atoms with Gasteiger partial charge in [-0.25, -0.2) is 27.7 Å². The number of aromatic carboxylic acids is 1. The van der Waals surface area contributed by atoms with Crippen LogP contribution in [0.3, 0.4) is 0 Å². The third-order valence-corrected chi connectivity index (χ3v) is 4.82.